The summed E-state index contributed by atoms with van der Waals surface area (Å²) in [7, 11) is 0. The average molecular weight is 271 g/mol. The van der Waals surface area contributed by atoms with Crippen LogP contribution in [0.4, 0.5) is 13.2 Å². The molecular weight excluding hydrogens is 251 g/mol. The van der Waals surface area contributed by atoms with E-state index in [0.717, 1.165) is 37.4 Å². The minimum absolute atomic E-state index is 0.175. The zero-order chi connectivity index (χ0) is 14.1. The second kappa shape index (κ2) is 5.16. The Morgan fingerprint density at radius 3 is 2.47 bits per heavy atom. The number of alkyl halides is 3. The summed E-state index contributed by atoms with van der Waals surface area (Å²) in [5.74, 6) is 0. The third-order valence-corrected chi connectivity index (χ3v) is 3.68. The number of benzene rings is 1. The first kappa shape index (κ1) is 14.4. The van der Waals surface area contributed by atoms with Crippen molar-refractivity contribution in [3.63, 3.8) is 0 Å². The van der Waals surface area contributed by atoms with Crippen molar-refractivity contribution in [2.45, 2.75) is 45.3 Å². The van der Waals surface area contributed by atoms with E-state index in [1.165, 1.54) is 12.1 Å². The lowest BCUT2D eigenvalue weighted by Crippen LogP contribution is -2.31. The predicted molar refractivity (Wildman–Crippen MR) is 70.0 cm³/mol. The van der Waals surface area contributed by atoms with E-state index in [-0.39, 0.29) is 5.41 Å². The maximum absolute atomic E-state index is 12.7. The first-order valence-corrected chi connectivity index (χ1v) is 6.70. The highest BCUT2D eigenvalue weighted by Gasteiger charge is 2.42. The monoisotopic (exact) mass is 271 g/mol. The van der Waals surface area contributed by atoms with E-state index in [1.807, 2.05) is 0 Å². The molecule has 0 aromatic heterocycles. The smallest absolute Gasteiger partial charge is 0.314 e. The zero-order valence-electron chi connectivity index (χ0n) is 11.3. The molecule has 1 aromatic rings. The molecule has 1 aromatic carbocycles. The van der Waals surface area contributed by atoms with Crippen LogP contribution in [0.1, 0.15) is 37.8 Å². The molecule has 19 heavy (non-hydrogen) atoms. The Kier molecular flexibility index (Phi) is 3.90. The molecule has 1 saturated carbocycles. The van der Waals surface area contributed by atoms with Crippen LogP contribution < -0.4 is 5.32 Å². The normalized spacial score (nSPS) is 17.8. The summed E-state index contributed by atoms with van der Waals surface area (Å²) in [5.41, 5.74) is 0.421. The molecule has 0 spiro atoms. The minimum atomic E-state index is -4.25. The molecule has 1 fully saturated rings. The summed E-state index contributed by atoms with van der Waals surface area (Å²) < 4.78 is 38.0. The highest BCUT2D eigenvalue weighted by Crippen LogP contribution is 2.48. The summed E-state index contributed by atoms with van der Waals surface area (Å²) in [4.78, 5) is 0. The lowest BCUT2D eigenvalue weighted by molar-refractivity contribution is -0.137. The van der Waals surface area contributed by atoms with Gasteiger partial charge >= 0.3 is 6.18 Å². The standard InChI is InChI=1S/C15H20F3N/c1-11(2)19-10-14(6-7-14)9-12-4-3-5-13(8-12)15(16,17)18/h3-5,8,11,19H,6-7,9-10H2,1-2H3. The number of rotatable bonds is 5. The topological polar surface area (TPSA) is 12.0 Å². The van der Waals surface area contributed by atoms with Crippen molar-refractivity contribution in [2.24, 2.45) is 5.41 Å². The number of hydrogen-bond donors (Lipinski definition) is 1. The van der Waals surface area contributed by atoms with Crippen molar-refractivity contribution in [3.05, 3.63) is 35.4 Å². The van der Waals surface area contributed by atoms with E-state index in [1.54, 1.807) is 6.07 Å². The first-order chi connectivity index (χ1) is 8.81. The van der Waals surface area contributed by atoms with Crippen LogP contribution in [0.5, 0.6) is 0 Å². The van der Waals surface area contributed by atoms with Gasteiger partial charge in [0.05, 0.1) is 5.56 Å². The Morgan fingerprint density at radius 2 is 1.95 bits per heavy atom. The molecule has 1 N–H and O–H groups in total. The van der Waals surface area contributed by atoms with E-state index in [4.69, 9.17) is 0 Å². The fourth-order valence-electron chi connectivity index (χ4n) is 2.30. The highest BCUT2D eigenvalue weighted by molar-refractivity contribution is 5.27. The molecule has 0 aliphatic heterocycles. The van der Waals surface area contributed by atoms with Gasteiger partial charge in [0.1, 0.15) is 0 Å². The molecule has 0 unspecified atom stereocenters. The van der Waals surface area contributed by atoms with Crippen LogP contribution in [-0.4, -0.2) is 12.6 Å². The molecule has 0 heterocycles. The second-order valence-corrected chi connectivity index (χ2v) is 5.91. The van der Waals surface area contributed by atoms with Gasteiger partial charge in [-0.2, -0.15) is 13.2 Å². The van der Waals surface area contributed by atoms with E-state index in [9.17, 15) is 13.2 Å². The maximum atomic E-state index is 12.7. The van der Waals surface area contributed by atoms with Crippen molar-refractivity contribution in [1.29, 1.82) is 0 Å². The Bertz CT molecular complexity index is 433. The van der Waals surface area contributed by atoms with Crippen molar-refractivity contribution in [1.82, 2.24) is 5.32 Å². The van der Waals surface area contributed by atoms with Gasteiger partial charge in [-0.15, -0.1) is 0 Å². The molecule has 1 aliphatic carbocycles. The van der Waals surface area contributed by atoms with Crippen LogP contribution in [0.25, 0.3) is 0 Å². The quantitative estimate of drug-likeness (QED) is 0.852. The summed E-state index contributed by atoms with van der Waals surface area (Å²) in [6.45, 7) is 5.06. The molecule has 1 aliphatic rings. The third kappa shape index (κ3) is 3.96. The Balaban J connectivity index is 2.03. The summed E-state index contributed by atoms with van der Waals surface area (Å²) in [6.07, 6.45) is -1.31. The third-order valence-electron chi connectivity index (χ3n) is 3.68. The van der Waals surface area contributed by atoms with Crippen LogP contribution in [0.2, 0.25) is 0 Å². The van der Waals surface area contributed by atoms with Gasteiger partial charge in [-0.05, 0) is 36.3 Å². The zero-order valence-corrected chi connectivity index (χ0v) is 11.3. The minimum Gasteiger partial charge on any atom is -0.314 e. The summed E-state index contributed by atoms with van der Waals surface area (Å²) in [5, 5.41) is 3.39. The van der Waals surface area contributed by atoms with E-state index in [2.05, 4.69) is 19.2 Å². The molecule has 2 rings (SSSR count). The van der Waals surface area contributed by atoms with Crippen molar-refractivity contribution >= 4 is 0 Å². The van der Waals surface area contributed by atoms with Crippen molar-refractivity contribution in [2.75, 3.05) is 6.54 Å². The van der Waals surface area contributed by atoms with Gasteiger partial charge in [0.25, 0.3) is 0 Å². The predicted octanol–water partition coefficient (Wildman–Crippen LogP) is 4.03. The molecule has 0 atom stereocenters. The van der Waals surface area contributed by atoms with Crippen LogP contribution in [0, 0.1) is 5.41 Å². The van der Waals surface area contributed by atoms with Gasteiger partial charge < -0.3 is 5.32 Å². The molecule has 0 amide bonds. The first-order valence-electron chi connectivity index (χ1n) is 6.70. The number of nitrogens with one attached hydrogen (secondary N) is 1. The maximum Gasteiger partial charge on any atom is 0.416 e. The van der Waals surface area contributed by atoms with Gasteiger partial charge in [0.15, 0.2) is 0 Å². The molecule has 106 valence electrons. The van der Waals surface area contributed by atoms with Gasteiger partial charge in [0.2, 0.25) is 0 Å². The van der Waals surface area contributed by atoms with Crippen molar-refractivity contribution in [3.8, 4) is 0 Å². The SMILES string of the molecule is CC(C)NCC1(Cc2cccc(C(F)(F)F)c2)CC1. The van der Waals surface area contributed by atoms with Gasteiger partial charge in [-0.1, -0.05) is 32.0 Å². The van der Waals surface area contributed by atoms with Crippen LogP contribution in [0.15, 0.2) is 24.3 Å². The second-order valence-electron chi connectivity index (χ2n) is 5.91. The molecular formula is C15H20F3N. The number of halogens is 3. The average Bonchev–Trinajstić information content (AvgIpc) is 3.06. The lowest BCUT2D eigenvalue weighted by Gasteiger charge is -2.18. The van der Waals surface area contributed by atoms with Crippen LogP contribution >= 0.6 is 0 Å². The Hall–Kier alpha value is -1.03. The molecule has 1 nitrogen and oxygen atoms in total. The number of hydrogen-bond acceptors (Lipinski definition) is 1. The fraction of sp³-hybridized carbons (Fsp3) is 0.600. The lowest BCUT2D eigenvalue weighted by atomic mass is 9.95. The van der Waals surface area contributed by atoms with E-state index in [0.29, 0.717) is 6.04 Å². The molecule has 0 bridgehead atoms. The van der Waals surface area contributed by atoms with Gasteiger partial charge in [-0.3, -0.25) is 0 Å². The summed E-state index contributed by atoms with van der Waals surface area (Å²) in [6, 6.07) is 6.14. The summed E-state index contributed by atoms with van der Waals surface area (Å²) >= 11 is 0. The van der Waals surface area contributed by atoms with E-state index < -0.39 is 11.7 Å². The largest absolute Gasteiger partial charge is 0.416 e. The fourth-order valence-corrected chi connectivity index (χ4v) is 2.30. The Labute approximate surface area is 112 Å². The van der Waals surface area contributed by atoms with Crippen LogP contribution in [-0.2, 0) is 12.6 Å². The Morgan fingerprint density at radius 1 is 1.26 bits per heavy atom. The van der Waals surface area contributed by atoms with Gasteiger partial charge in [0, 0.05) is 12.6 Å². The highest BCUT2D eigenvalue weighted by atomic mass is 19.4. The molecule has 0 radical (unpaired) electrons. The van der Waals surface area contributed by atoms with Crippen LogP contribution in [0.3, 0.4) is 0 Å². The molecule has 0 saturated heterocycles. The molecule has 4 heteroatoms. The van der Waals surface area contributed by atoms with Crippen molar-refractivity contribution < 1.29 is 13.2 Å². The van der Waals surface area contributed by atoms with Gasteiger partial charge in [-0.25, -0.2) is 0 Å². The van der Waals surface area contributed by atoms with E-state index >= 15 is 0 Å².